The zero-order valence-corrected chi connectivity index (χ0v) is 26.0. The van der Waals surface area contributed by atoms with Gasteiger partial charge >= 0.3 is 0 Å². The van der Waals surface area contributed by atoms with Gasteiger partial charge < -0.3 is 19.9 Å². The third kappa shape index (κ3) is 7.94. The molecule has 1 aromatic heterocycles. The smallest absolute Gasteiger partial charge is 0.253 e. The van der Waals surface area contributed by atoms with Crippen LogP contribution in [0.4, 0.5) is 0 Å². The van der Waals surface area contributed by atoms with E-state index >= 15 is 0 Å². The van der Waals surface area contributed by atoms with Gasteiger partial charge in [-0.05, 0) is 52.6 Å². The van der Waals surface area contributed by atoms with Crippen LogP contribution in [0.1, 0.15) is 57.0 Å². The van der Waals surface area contributed by atoms with E-state index in [1.54, 1.807) is 24.5 Å². The molecule has 0 aliphatic carbocycles. The van der Waals surface area contributed by atoms with Gasteiger partial charge in [0.25, 0.3) is 5.91 Å². The minimum Gasteiger partial charge on any atom is -0.392 e. The topological polar surface area (TPSA) is 83.9 Å². The van der Waals surface area contributed by atoms with Gasteiger partial charge in [0.2, 0.25) is 0 Å². The van der Waals surface area contributed by atoms with Crippen LogP contribution in [0.5, 0.6) is 0 Å². The molecule has 5 aromatic rings. The second kappa shape index (κ2) is 15.1. The molecule has 0 bridgehead atoms. The Hall–Kier alpha value is -4.66. The molecule has 1 aliphatic heterocycles. The molecule has 0 radical (unpaired) electrons. The standard InChI is InChI=1S/C39H39N3O4/c1-42(25-28-8-3-2-4-9-28)26-35-22-37(31-15-13-29(27-43)14-16-31)46-39(45-35)32-19-17-30(18-20-32)36-12-6-5-10-33(36)24-41-38(44)34-11-7-21-40-23-34/h2-21,23,35,37,39,43H,22,24-27H2,1H3,(H,41,44)/t35-,37+,39+/m0/s1. The maximum atomic E-state index is 12.6. The van der Waals surface area contributed by atoms with E-state index in [0.717, 1.165) is 52.9 Å². The average molecular weight is 614 g/mol. The number of nitrogens with one attached hydrogen (secondary N) is 1. The molecule has 234 valence electrons. The molecule has 1 fully saturated rings. The van der Waals surface area contributed by atoms with Crippen molar-refractivity contribution in [3.63, 3.8) is 0 Å². The number of carbonyl (C=O) groups is 1. The van der Waals surface area contributed by atoms with Crippen LogP contribution < -0.4 is 5.32 Å². The SMILES string of the molecule is CN(Cc1ccccc1)C[C@@H]1C[C@H](c2ccc(CO)cc2)O[C@H](c2ccc(-c3ccccc3CNC(=O)c3cccnc3)cc2)O1. The number of ether oxygens (including phenoxy) is 2. The van der Waals surface area contributed by atoms with E-state index < -0.39 is 6.29 Å². The fourth-order valence-corrected chi connectivity index (χ4v) is 5.89. The van der Waals surface area contributed by atoms with E-state index in [1.807, 2.05) is 48.5 Å². The summed E-state index contributed by atoms with van der Waals surface area (Å²) in [5.41, 5.74) is 7.79. The number of aliphatic hydroxyl groups is 1. The minimum atomic E-state index is -0.533. The first-order chi connectivity index (χ1) is 22.6. The Labute approximate surface area is 270 Å². The lowest BCUT2D eigenvalue weighted by atomic mass is 9.97. The molecule has 6 rings (SSSR count). The van der Waals surface area contributed by atoms with Crippen LogP contribution in [-0.2, 0) is 29.2 Å². The van der Waals surface area contributed by atoms with Crippen molar-refractivity contribution in [1.82, 2.24) is 15.2 Å². The Bertz CT molecular complexity index is 1700. The number of hydrogen-bond donors (Lipinski definition) is 2. The number of hydrogen-bond acceptors (Lipinski definition) is 6. The quantitative estimate of drug-likeness (QED) is 0.170. The summed E-state index contributed by atoms with van der Waals surface area (Å²) in [5, 5.41) is 12.6. The molecule has 0 unspecified atom stereocenters. The first-order valence-electron chi connectivity index (χ1n) is 15.7. The van der Waals surface area contributed by atoms with Crippen LogP contribution in [0, 0.1) is 0 Å². The second-order valence-corrected chi connectivity index (χ2v) is 11.7. The fourth-order valence-electron chi connectivity index (χ4n) is 5.89. The van der Waals surface area contributed by atoms with Gasteiger partial charge in [0.15, 0.2) is 6.29 Å². The molecular formula is C39H39N3O4. The second-order valence-electron chi connectivity index (χ2n) is 11.7. The number of aromatic nitrogens is 1. The van der Waals surface area contributed by atoms with Crippen LogP contribution >= 0.6 is 0 Å². The lowest BCUT2D eigenvalue weighted by molar-refractivity contribution is -0.252. The monoisotopic (exact) mass is 613 g/mol. The van der Waals surface area contributed by atoms with Crippen molar-refractivity contribution in [3.8, 4) is 11.1 Å². The van der Waals surface area contributed by atoms with Crippen LogP contribution in [0.3, 0.4) is 0 Å². The van der Waals surface area contributed by atoms with Gasteiger partial charge in [0.1, 0.15) is 0 Å². The van der Waals surface area contributed by atoms with Gasteiger partial charge in [0, 0.05) is 44.0 Å². The van der Waals surface area contributed by atoms with Gasteiger partial charge in [-0.3, -0.25) is 14.7 Å². The fraction of sp³-hybridized carbons (Fsp3) is 0.231. The molecule has 3 atom stereocenters. The third-order valence-electron chi connectivity index (χ3n) is 8.30. The molecule has 1 saturated heterocycles. The maximum absolute atomic E-state index is 12.6. The minimum absolute atomic E-state index is 0.0107. The summed E-state index contributed by atoms with van der Waals surface area (Å²) in [5.74, 6) is -0.158. The zero-order chi connectivity index (χ0) is 31.7. The normalized spacial score (nSPS) is 17.9. The molecule has 46 heavy (non-hydrogen) atoms. The summed E-state index contributed by atoms with van der Waals surface area (Å²) >= 11 is 0. The van der Waals surface area contributed by atoms with Crippen molar-refractivity contribution in [1.29, 1.82) is 0 Å². The molecule has 0 saturated carbocycles. The van der Waals surface area contributed by atoms with E-state index in [0.29, 0.717) is 12.1 Å². The zero-order valence-electron chi connectivity index (χ0n) is 26.0. The van der Waals surface area contributed by atoms with Crippen molar-refractivity contribution in [2.45, 2.75) is 44.6 Å². The van der Waals surface area contributed by atoms with Crippen LogP contribution in [0.25, 0.3) is 11.1 Å². The summed E-state index contributed by atoms with van der Waals surface area (Å²) in [6, 6.07) is 38.3. The lowest BCUT2D eigenvalue weighted by Crippen LogP contribution is -2.37. The lowest BCUT2D eigenvalue weighted by Gasteiger charge is -2.38. The Balaban J connectivity index is 1.18. The molecular weight excluding hydrogens is 574 g/mol. The summed E-state index contributed by atoms with van der Waals surface area (Å²) in [7, 11) is 2.12. The van der Waals surface area contributed by atoms with Crippen molar-refractivity contribution in [2.75, 3.05) is 13.6 Å². The number of amides is 1. The summed E-state index contributed by atoms with van der Waals surface area (Å²) in [6.45, 7) is 2.00. The Morgan fingerprint density at radius 3 is 2.33 bits per heavy atom. The number of rotatable bonds is 11. The number of carbonyl (C=O) groups excluding carboxylic acids is 1. The highest BCUT2D eigenvalue weighted by Crippen LogP contribution is 2.39. The molecule has 0 spiro atoms. The number of likely N-dealkylation sites (N-methyl/N-ethyl adjacent to an activating group) is 1. The van der Waals surface area contributed by atoms with Gasteiger partial charge in [-0.15, -0.1) is 0 Å². The van der Waals surface area contributed by atoms with Gasteiger partial charge in [-0.1, -0.05) is 103 Å². The van der Waals surface area contributed by atoms with Crippen molar-refractivity contribution in [3.05, 3.63) is 161 Å². The number of pyridine rings is 1. The van der Waals surface area contributed by atoms with E-state index in [2.05, 4.69) is 76.8 Å². The molecule has 4 aromatic carbocycles. The van der Waals surface area contributed by atoms with Crippen LogP contribution in [0.15, 0.2) is 128 Å². The molecule has 7 nitrogen and oxygen atoms in total. The van der Waals surface area contributed by atoms with Crippen LogP contribution in [0.2, 0.25) is 0 Å². The predicted molar refractivity (Wildman–Crippen MR) is 178 cm³/mol. The van der Waals surface area contributed by atoms with Gasteiger partial charge in [0.05, 0.1) is 24.4 Å². The maximum Gasteiger partial charge on any atom is 0.253 e. The Morgan fingerprint density at radius 1 is 0.848 bits per heavy atom. The number of benzene rings is 4. The first-order valence-corrected chi connectivity index (χ1v) is 15.7. The largest absolute Gasteiger partial charge is 0.392 e. The molecule has 7 heteroatoms. The molecule has 1 amide bonds. The number of nitrogens with zero attached hydrogens (tertiary/aromatic N) is 2. The van der Waals surface area contributed by atoms with E-state index in [-0.39, 0.29) is 24.7 Å². The van der Waals surface area contributed by atoms with Crippen molar-refractivity contribution in [2.24, 2.45) is 0 Å². The van der Waals surface area contributed by atoms with E-state index in [1.165, 1.54) is 5.56 Å². The highest BCUT2D eigenvalue weighted by Gasteiger charge is 2.32. The molecule has 1 aliphatic rings. The number of aliphatic hydroxyl groups excluding tert-OH is 1. The highest BCUT2D eigenvalue weighted by atomic mass is 16.7. The van der Waals surface area contributed by atoms with Gasteiger partial charge in [-0.2, -0.15) is 0 Å². The predicted octanol–water partition coefficient (Wildman–Crippen LogP) is 6.85. The first kappa shape index (κ1) is 31.3. The molecule has 2 N–H and O–H groups in total. The average Bonchev–Trinajstić information content (AvgIpc) is 3.11. The Kier molecular flexibility index (Phi) is 10.3. The van der Waals surface area contributed by atoms with Gasteiger partial charge in [-0.25, -0.2) is 0 Å². The van der Waals surface area contributed by atoms with Crippen LogP contribution in [-0.4, -0.2) is 40.6 Å². The summed E-state index contributed by atoms with van der Waals surface area (Å²) in [6.07, 6.45) is 3.22. The van der Waals surface area contributed by atoms with Crippen molar-refractivity contribution < 1.29 is 19.4 Å². The van der Waals surface area contributed by atoms with E-state index in [9.17, 15) is 9.90 Å². The van der Waals surface area contributed by atoms with E-state index in [4.69, 9.17) is 9.47 Å². The Morgan fingerprint density at radius 2 is 1.59 bits per heavy atom. The molecule has 2 heterocycles. The summed E-state index contributed by atoms with van der Waals surface area (Å²) < 4.78 is 13.2. The third-order valence-corrected chi connectivity index (χ3v) is 8.30. The summed E-state index contributed by atoms with van der Waals surface area (Å²) in [4.78, 5) is 19.0. The highest BCUT2D eigenvalue weighted by molar-refractivity contribution is 5.93. The van der Waals surface area contributed by atoms with Crippen molar-refractivity contribution >= 4 is 5.91 Å².